The molecule has 3 rings (SSSR count). The number of halogens is 1. The summed E-state index contributed by atoms with van der Waals surface area (Å²) in [4.78, 5) is 19.1. The Hall–Kier alpha value is -1.26. The van der Waals surface area contributed by atoms with E-state index in [0.29, 0.717) is 29.9 Å². The van der Waals surface area contributed by atoms with Crippen molar-refractivity contribution in [2.45, 2.75) is 51.8 Å². The molecule has 2 heterocycles. The number of thioether (sulfide) groups is 1. The lowest BCUT2D eigenvalue weighted by molar-refractivity contribution is -0.121. The third kappa shape index (κ3) is 5.22. The first-order chi connectivity index (χ1) is 14.7. The van der Waals surface area contributed by atoms with Gasteiger partial charge in [0, 0.05) is 27.8 Å². The Bertz CT molecular complexity index is 963. The van der Waals surface area contributed by atoms with Gasteiger partial charge in [0.15, 0.2) is 26.5 Å². The van der Waals surface area contributed by atoms with E-state index in [-0.39, 0.29) is 34.6 Å². The van der Waals surface area contributed by atoms with Gasteiger partial charge < -0.3 is 14.4 Å². The lowest BCUT2D eigenvalue weighted by atomic mass is 10.0. The van der Waals surface area contributed by atoms with E-state index in [1.807, 2.05) is 44.7 Å². The maximum absolute atomic E-state index is 12.8. The highest BCUT2D eigenvalue weighted by molar-refractivity contribution is 9.10. The van der Waals surface area contributed by atoms with Crippen LogP contribution >= 0.6 is 27.7 Å². The van der Waals surface area contributed by atoms with Crippen LogP contribution < -0.4 is 14.4 Å². The van der Waals surface area contributed by atoms with Gasteiger partial charge in [-0.15, -0.1) is 0 Å². The lowest BCUT2D eigenvalue weighted by Gasteiger charge is -2.27. The summed E-state index contributed by atoms with van der Waals surface area (Å²) in [7, 11) is -3.15. The summed E-state index contributed by atoms with van der Waals surface area (Å²) in [6, 6.07) is 3.38. The topological polar surface area (TPSA) is 85.3 Å². The molecule has 2 aliphatic heterocycles. The molecule has 2 fully saturated rings. The molecule has 0 bridgehead atoms. The second-order valence-electron chi connectivity index (χ2n) is 7.53. The zero-order valence-corrected chi connectivity index (χ0v) is 21.5. The van der Waals surface area contributed by atoms with Crippen LogP contribution in [0.5, 0.6) is 11.5 Å². The van der Waals surface area contributed by atoms with Crippen molar-refractivity contribution in [2.75, 3.05) is 29.6 Å². The van der Waals surface area contributed by atoms with E-state index in [0.717, 1.165) is 23.0 Å². The zero-order chi connectivity index (χ0) is 22.8. The highest BCUT2D eigenvalue weighted by Crippen LogP contribution is 2.46. The molecule has 0 radical (unpaired) electrons. The van der Waals surface area contributed by atoms with E-state index in [1.165, 1.54) is 11.8 Å². The van der Waals surface area contributed by atoms with Gasteiger partial charge in [-0.05, 0) is 42.6 Å². The van der Waals surface area contributed by atoms with Crippen LogP contribution in [0.25, 0.3) is 0 Å². The Kier molecular flexibility index (Phi) is 7.96. The number of hydrogen-bond donors (Lipinski definition) is 0. The van der Waals surface area contributed by atoms with Crippen LogP contribution in [0.2, 0.25) is 0 Å². The smallest absolute Gasteiger partial charge is 0.251 e. The lowest BCUT2D eigenvalue weighted by Crippen LogP contribution is -2.38. The molecule has 0 N–H and O–H groups in total. The number of rotatable bonds is 8. The molecule has 0 saturated carbocycles. The number of carbonyl (C=O) groups excluding carboxylic acids is 1. The fourth-order valence-electron chi connectivity index (χ4n) is 3.92. The second-order valence-corrected chi connectivity index (χ2v) is 11.7. The van der Waals surface area contributed by atoms with Gasteiger partial charge >= 0.3 is 0 Å². The molecule has 172 valence electrons. The average Bonchev–Trinajstić information content (AvgIpc) is 3.16. The Labute approximate surface area is 197 Å². The third-order valence-electron chi connectivity index (χ3n) is 5.48. The van der Waals surface area contributed by atoms with Crippen molar-refractivity contribution in [1.29, 1.82) is 0 Å². The molecule has 2 saturated heterocycles. The van der Waals surface area contributed by atoms with Gasteiger partial charge in [-0.25, -0.2) is 8.42 Å². The van der Waals surface area contributed by atoms with Gasteiger partial charge in [-0.1, -0.05) is 25.6 Å². The SMILES string of the molecule is CCOc1cc(Br)c(N2C(=NC(=O)C(CC)CC)S[C@H]3CS(=O)(=O)C[C@@H]32)cc1OCC. The van der Waals surface area contributed by atoms with E-state index in [9.17, 15) is 13.2 Å². The fourth-order valence-corrected chi connectivity index (χ4v) is 8.34. The molecular formula is C21H29BrN2O5S2. The van der Waals surface area contributed by atoms with Crippen LogP contribution in [-0.2, 0) is 14.6 Å². The molecule has 0 spiro atoms. The maximum atomic E-state index is 12.8. The number of amides is 1. The molecule has 0 unspecified atom stereocenters. The van der Waals surface area contributed by atoms with Crippen molar-refractivity contribution in [2.24, 2.45) is 10.9 Å². The van der Waals surface area contributed by atoms with Crippen molar-refractivity contribution >= 4 is 54.3 Å². The van der Waals surface area contributed by atoms with Crippen molar-refractivity contribution in [3.05, 3.63) is 16.6 Å². The van der Waals surface area contributed by atoms with Gasteiger partial charge in [0.2, 0.25) is 0 Å². The minimum Gasteiger partial charge on any atom is -0.490 e. The van der Waals surface area contributed by atoms with E-state index < -0.39 is 9.84 Å². The quantitative estimate of drug-likeness (QED) is 0.493. The molecule has 2 atom stereocenters. The summed E-state index contributed by atoms with van der Waals surface area (Å²) >= 11 is 4.99. The molecule has 7 nitrogen and oxygen atoms in total. The monoisotopic (exact) mass is 532 g/mol. The van der Waals surface area contributed by atoms with Gasteiger partial charge in [0.25, 0.3) is 5.91 Å². The average molecular weight is 534 g/mol. The number of carbonyl (C=O) groups is 1. The molecule has 0 aliphatic carbocycles. The van der Waals surface area contributed by atoms with Crippen molar-refractivity contribution in [1.82, 2.24) is 0 Å². The number of ether oxygens (including phenoxy) is 2. The highest BCUT2D eigenvalue weighted by atomic mass is 79.9. The second kappa shape index (κ2) is 10.1. The van der Waals surface area contributed by atoms with Crippen LogP contribution in [0.1, 0.15) is 40.5 Å². The molecule has 2 aliphatic rings. The normalized spacial score (nSPS) is 23.4. The number of fused-ring (bicyclic) bond motifs is 1. The Morgan fingerprint density at radius 2 is 1.77 bits per heavy atom. The van der Waals surface area contributed by atoms with Crippen LogP contribution in [0, 0.1) is 5.92 Å². The van der Waals surface area contributed by atoms with Crippen molar-refractivity contribution in [3.63, 3.8) is 0 Å². The first kappa shape index (κ1) is 24.4. The Morgan fingerprint density at radius 1 is 1.16 bits per heavy atom. The van der Waals surface area contributed by atoms with E-state index >= 15 is 0 Å². The number of anilines is 1. The van der Waals surface area contributed by atoms with Crippen LogP contribution in [-0.4, -0.2) is 55.5 Å². The predicted octanol–water partition coefficient (Wildman–Crippen LogP) is 4.28. The Balaban J connectivity index is 2.09. The van der Waals surface area contributed by atoms with E-state index in [2.05, 4.69) is 20.9 Å². The molecule has 1 aromatic carbocycles. The van der Waals surface area contributed by atoms with Gasteiger partial charge in [-0.3, -0.25) is 4.79 Å². The first-order valence-corrected chi connectivity index (χ1v) is 14.1. The van der Waals surface area contributed by atoms with Crippen LogP contribution in [0.3, 0.4) is 0 Å². The zero-order valence-electron chi connectivity index (χ0n) is 18.3. The molecule has 1 amide bonds. The Morgan fingerprint density at radius 3 is 2.35 bits per heavy atom. The van der Waals surface area contributed by atoms with E-state index in [1.54, 1.807) is 0 Å². The van der Waals surface area contributed by atoms with E-state index in [4.69, 9.17) is 9.47 Å². The number of sulfone groups is 1. The fraction of sp³-hybridized carbons (Fsp3) is 0.619. The standard InChI is InChI=1S/C21H29BrN2O5S2/c1-5-13(6-2)20(25)23-21-24(16-11-31(26,27)12-19(16)30-21)15-10-18(29-8-4)17(28-7-3)9-14(15)22/h9-10,13,16,19H,5-8,11-12H2,1-4H3/t16-,19-/m0/s1. The van der Waals surface area contributed by atoms with Gasteiger partial charge in [-0.2, -0.15) is 4.99 Å². The third-order valence-corrected chi connectivity index (χ3v) is 9.32. The number of aliphatic imine (C=N–C) groups is 1. The number of amidine groups is 1. The summed E-state index contributed by atoms with van der Waals surface area (Å²) in [5.74, 6) is 1.00. The van der Waals surface area contributed by atoms with Crippen LogP contribution in [0.4, 0.5) is 5.69 Å². The van der Waals surface area contributed by atoms with Crippen molar-refractivity contribution in [3.8, 4) is 11.5 Å². The molecule has 0 aromatic heterocycles. The first-order valence-electron chi connectivity index (χ1n) is 10.6. The van der Waals surface area contributed by atoms with Gasteiger partial charge in [0.1, 0.15) is 0 Å². The molecule has 1 aromatic rings. The minimum absolute atomic E-state index is 0.0342. The summed E-state index contributed by atoms with van der Waals surface area (Å²) in [5, 5.41) is 0.390. The maximum Gasteiger partial charge on any atom is 0.251 e. The molecule has 31 heavy (non-hydrogen) atoms. The minimum atomic E-state index is -3.15. The molecule has 10 heteroatoms. The highest BCUT2D eigenvalue weighted by Gasteiger charge is 2.50. The van der Waals surface area contributed by atoms with Crippen LogP contribution in [0.15, 0.2) is 21.6 Å². The summed E-state index contributed by atoms with van der Waals surface area (Å²) in [5.41, 5.74) is 0.722. The number of nitrogens with zero attached hydrogens (tertiary/aromatic N) is 2. The summed E-state index contributed by atoms with van der Waals surface area (Å²) < 4.78 is 36.9. The molecular weight excluding hydrogens is 504 g/mol. The largest absolute Gasteiger partial charge is 0.490 e. The van der Waals surface area contributed by atoms with Gasteiger partial charge in [0.05, 0.1) is 36.4 Å². The number of hydrogen-bond acceptors (Lipinski definition) is 6. The van der Waals surface area contributed by atoms with Crippen molar-refractivity contribution < 1.29 is 22.7 Å². The number of benzene rings is 1. The predicted molar refractivity (Wildman–Crippen MR) is 129 cm³/mol. The summed E-state index contributed by atoms with van der Waals surface area (Å²) in [6.45, 7) is 8.70. The summed E-state index contributed by atoms with van der Waals surface area (Å²) in [6.07, 6.45) is 1.44.